The summed E-state index contributed by atoms with van der Waals surface area (Å²) in [6, 6.07) is 14.1. The number of benzene rings is 2. The first-order chi connectivity index (χ1) is 15.6. The molecule has 0 unspecified atom stereocenters. The molecule has 3 heterocycles. The number of nitrogens with zero attached hydrogens (tertiary/aromatic N) is 3. The molecule has 1 aromatic heterocycles. The van der Waals surface area contributed by atoms with Crippen LogP contribution in [0.2, 0.25) is 0 Å². The van der Waals surface area contributed by atoms with Crippen LogP contribution in [0, 0.1) is 0 Å². The number of unbranched alkanes of at least 4 members (excludes halogenated alkanes) is 1. The first-order valence-corrected chi connectivity index (χ1v) is 11.7. The summed E-state index contributed by atoms with van der Waals surface area (Å²) in [5.41, 5.74) is 5.67. The Hall–Kier alpha value is -2.77. The lowest BCUT2D eigenvalue weighted by Crippen LogP contribution is -2.31. The Balaban J connectivity index is 1.08. The van der Waals surface area contributed by atoms with Crippen molar-refractivity contribution in [3.05, 3.63) is 65.5 Å². The van der Waals surface area contributed by atoms with Gasteiger partial charge in [0.2, 0.25) is 5.91 Å². The van der Waals surface area contributed by atoms with Crippen molar-refractivity contribution in [1.29, 1.82) is 0 Å². The van der Waals surface area contributed by atoms with E-state index in [1.54, 1.807) is 0 Å². The summed E-state index contributed by atoms with van der Waals surface area (Å²) in [6.07, 6.45) is 6.61. The zero-order chi connectivity index (χ0) is 21.9. The third kappa shape index (κ3) is 4.84. The Bertz CT molecular complexity index is 1110. The van der Waals surface area contributed by atoms with E-state index in [9.17, 15) is 4.79 Å². The number of amides is 1. The summed E-state index contributed by atoms with van der Waals surface area (Å²) >= 11 is 4.36. The van der Waals surface area contributed by atoms with Gasteiger partial charge in [-0.05, 0) is 61.7 Å². The maximum absolute atomic E-state index is 11.6. The highest BCUT2D eigenvalue weighted by atomic mass is 32.1. The number of hydrogen-bond donors (Lipinski definition) is 2. The molecule has 0 bridgehead atoms. The minimum atomic E-state index is 0.0837. The molecule has 1 N–H and O–H groups in total. The van der Waals surface area contributed by atoms with Crippen LogP contribution in [0.15, 0.2) is 53.6 Å². The first-order valence-electron chi connectivity index (χ1n) is 11.3. The molecule has 166 valence electrons. The molecule has 5 rings (SSSR count). The van der Waals surface area contributed by atoms with E-state index in [1.165, 1.54) is 16.8 Å². The molecular formula is C25H28N4O2S. The number of nitrogens with one attached hydrogen (secondary N) is 1. The fourth-order valence-corrected chi connectivity index (χ4v) is 4.52. The number of carbonyl (C=O) groups is 1. The third-order valence-corrected chi connectivity index (χ3v) is 6.46. The van der Waals surface area contributed by atoms with E-state index in [0.717, 1.165) is 67.3 Å². The van der Waals surface area contributed by atoms with Crippen molar-refractivity contribution >= 4 is 24.2 Å². The van der Waals surface area contributed by atoms with E-state index >= 15 is 0 Å². The van der Waals surface area contributed by atoms with Crippen LogP contribution in [-0.4, -0.2) is 40.3 Å². The summed E-state index contributed by atoms with van der Waals surface area (Å²) in [7, 11) is 0. The number of carbonyl (C=O) groups excluding carboxylic acids is 1. The lowest BCUT2D eigenvalue weighted by Gasteiger charge is -2.25. The van der Waals surface area contributed by atoms with Gasteiger partial charge in [0, 0.05) is 54.3 Å². The maximum atomic E-state index is 11.6. The van der Waals surface area contributed by atoms with Crippen LogP contribution in [0.5, 0.6) is 5.75 Å². The highest BCUT2D eigenvalue weighted by Crippen LogP contribution is 2.27. The number of anilines is 1. The van der Waals surface area contributed by atoms with Gasteiger partial charge in [-0.3, -0.25) is 9.69 Å². The fraction of sp³-hybridized carbons (Fsp3) is 0.360. The molecule has 0 fully saturated rings. The van der Waals surface area contributed by atoms with Gasteiger partial charge in [0.25, 0.3) is 0 Å². The van der Waals surface area contributed by atoms with Crippen molar-refractivity contribution in [3.8, 4) is 11.4 Å². The number of aromatic nitrogens is 2. The molecule has 0 atom stereocenters. The standard InChI is InChI=1S/C25H28N4O2S/c30-25-10-4-18-3-7-21(15-24(18)26-25)31-14-2-1-12-28-13-11-23-19(16-28)17-29(27-23)20-5-8-22(32)9-6-20/h3,5-9,15,17,32H,1-2,4,10-14,16H2,(H,26,30). The number of ether oxygens (including phenoxy) is 1. The molecule has 3 aromatic rings. The molecule has 6 nitrogen and oxygen atoms in total. The molecule has 0 saturated carbocycles. The number of hydrogen-bond acceptors (Lipinski definition) is 5. The Morgan fingerprint density at radius 3 is 2.78 bits per heavy atom. The molecule has 0 radical (unpaired) electrons. The zero-order valence-electron chi connectivity index (χ0n) is 18.1. The molecule has 32 heavy (non-hydrogen) atoms. The molecule has 2 aliphatic heterocycles. The van der Waals surface area contributed by atoms with Crippen LogP contribution in [-0.2, 0) is 24.2 Å². The van der Waals surface area contributed by atoms with E-state index < -0.39 is 0 Å². The zero-order valence-corrected chi connectivity index (χ0v) is 19.0. The van der Waals surface area contributed by atoms with Crippen LogP contribution in [0.1, 0.15) is 36.1 Å². The smallest absolute Gasteiger partial charge is 0.224 e. The predicted molar refractivity (Wildman–Crippen MR) is 128 cm³/mol. The summed E-state index contributed by atoms with van der Waals surface area (Å²) in [4.78, 5) is 15.0. The van der Waals surface area contributed by atoms with Crippen molar-refractivity contribution in [2.24, 2.45) is 0 Å². The van der Waals surface area contributed by atoms with Gasteiger partial charge in [0.15, 0.2) is 0 Å². The largest absolute Gasteiger partial charge is 0.494 e. The second-order valence-electron chi connectivity index (χ2n) is 8.51. The van der Waals surface area contributed by atoms with Crippen LogP contribution in [0.25, 0.3) is 5.69 Å². The number of thiol groups is 1. The summed E-state index contributed by atoms with van der Waals surface area (Å²) in [5, 5.41) is 7.71. The van der Waals surface area contributed by atoms with Gasteiger partial charge < -0.3 is 10.1 Å². The minimum Gasteiger partial charge on any atom is -0.494 e. The summed E-state index contributed by atoms with van der Waals surface area (Å²) in [6.45, 7) is 3.74. The third-order valence-electron chi connectivity index (χ3n) is 6.16. The monoisotopic (exact) mass is 448 g/mol. The molecule has 0 spiro atoms. The lowest BCUT2D eigenvalue weighted by atomic mass is 10.0. The molecule has 2 aliphatic rings. The number of rotatable bonds is 7. The number of fused-ring (bicyclic) bond motifs is 2. The minimum absolute atomic E-state index is 0.0837. The number of aryl methyl sites for hydroxylation is 1. The van der Waals surface area contributed by atoms with Crippen molar-refractivity contribution in [2.45, 2.75) is 43.5 Å². The highest BCUT2D eigenvalue weighted by molar-refractivity contribution is 7.80. The van der Waals surface area contributed by atoms with E-state index in [-0.39, 0.29) is 5.91 Å². The van der Waals surface area contributed by atoms with Gasteiger partial charge in [-0.1, -0.05) is 6.07 Å². The predicted octanol–water partition coefficient (Wildman–Crippen LogP) is 4.26. The normalized spacial score (nSPS) is 15.7. The Kier molecular flexibility index (Phi) is 6.19. The lowest BCUT2D eigenvalue weighted by molar-refractivity contribution is -0.116. The van der Waals surface area contributed by atoms with Gasteiger partial charge in [0.1, 0.15) is 5.75 Å². The molecule has 0 aliphatic carbocycles. The second-order valence-corrected chi connectivity index (χ2v) is 9.03. The molecule has 0 saturated heterocycles. The average molecular weight is 449 g/mol. The molecule has 1 amide bonds. The average Bonchev–Trinajstić information content (AvgIpc) is 3.22. The molecule has 7 heteroatoms. The summed E-state index contributed by atoms with van der Waals surface area (Å²) in [5.74, 6) is 0.910. The fourth-order valence-electron chi connectivity index (χ4n) is 4.37. The first kappa shape index (κ1) is 21.1. The van der Waals surface area contributed by atoms with Crippen molar-refractivity contribution < 1.29 is 9.53 Å². The van der Waals surface area contributed by atoms with E-state index in [4.69, 9.17) is 9.84 Å². The van der Waals surface area contributed by atoms with E-state index in [2.05, 4.69) is 47.2 Å². The SMILES string of the molecule is O=C1CCc2ccc(OCCCCN3CCc4nn(-c5ccc(S)cc5)cc4C3)cc2N1. The Morgan fingerprint density at radius 2 is 1.91 bits per heavy atom. The van der Waals surface area contributed by atoms with Crippen LogP contribution in [0.4, 0.5) is 5.69 Å². The molecule has 2 aromatic carbocycles. The second kappa shape index (κ2) is 9.38. The Labute approximate surface area is 194 Å². The van der Waals surface area contributed by atoms with Crippen LogP contribution in [0.3, 0.4) is 0 Å². The van der Waals surface area contributed by atoms with Crippen LogP contribution >= 0.6 is 12.6 Å². The topological polar surface area (TPSA) is 59.4 Å². The van der Waals surface area contributed by atoms with Gasteiger partial charge in [-0.15, -0.1) is 12.6 Å². The van der Waals surface area contributed by atoms with E-state index in [1.807, 2.05) is 28.9 Å². The van der Waals surface area contributed by atoms with Crippen molar-refractivity contribution in [1.82, 2.24) is 14.7 Å². The van der Waals surface area contributed by atoms with E-state index in [0.29, 0.717) is 13.0 Å². The van der Waals surface area contributed by atoms with Gasteiger partial charge in [0.05, 0.1) is 18.0 Å². The van der Waals surface area contributed by atoms with Gasteiger partial charge in [-0.2, -0.15) is 5.10 Å². The van der Waals surface area contributed by atoms with Crippen molar-refractivity contribution in [3.63, 3.8) is 0 Å². The van der Waals surface area contributed by atoms with Crippen molar-refractivity contribution in [2.75, 3.05) is 25.0 Å². The Morgan fingerprint density at radius 1 is 1.03 bits per heavy atom. The van der Waals surface area contributed by atoms with Crippen LogP contribution < -0.4 is 10.1 Å². The van der Waals surface area contributed by atoms with Gasteiger partial charge in [-0.25, -0.2) is 4.68 Å². The quantitative estimate of drug-likeness (QED) is 0.419. The van der Waals surface area contributed by atoms with Gasteiger partial charge >= 0.3 is 0 Å². The molecular weight excluding hydrogens is 420 g/mol. The summed E-state index contributed by atoms with van der Waals surface area (Å²) < 4.78 is 7.91. The highest BCUT2D eigenvalue weighted by Gasteiger charge is 2.20. The maximum Gasteiger partial charge on any atom is 0.224 e.